The molecule has 1 N–H and O–H groups in total. The summed E-state index contributed by atoms with van der Waals surface area (Å²) in [6.45, 7) is 1.96. The Bertz CT molecular complexity index is 835. The van der Waals surface area contributed by atoms with Gasteiger partial charge in [-0.1, -0.05) is 35.0 Å². The van der Waals surface area contributed by atoms with E-state index < -0.39 is 0 Å². The first kappa shape index (κ1) is 16.8. The fourth-order valence-corrected chi connectivity index (χ4v) is 3.12. The van der Waals surface area contributed by atoms with Crippen molar-refractivity contribution in [2.24, 2.45) is 0 Å². The van der Waals surface area contributed by atoms with Crippen LogP contribution < -0.4 is 5.32 Å². The van der Waals surface area contributed by atoms with Crippen molar-refractivity contribution in [1.29, 1.82) is 0 Å². The zero-order valence-electron chi connectivity index (χ0n) is 13.1. The predicted molar refractivity (Wildman–Crippen MR) is 102 cm³/mol. The van der Waals surface area contributed by atoms with Crippen molar-refractivity contribution >= 4 is 38.9 Å². The number of carbonyl (C=O) groups is 1. The molecule has 0 saturated carbocycles. The van der Waals surface area contributed by atoms with Gasteiger partial charge in [0.2, 0.25) is 5.91 Å². The second-order valence-electron chi connectivity index (χ2n) is 5.23. The Labute approximate surface area is 153 Å². The van der Waals surface area contributed by atoms with E-state index in [2.05, 4.69) is 31.2 Å². The van der Waals surface area contributed by atoms with Gasteiger partial charge in [-0.25, -0.2) is 4.98 Å². The van der Waals surface area contributed by atoms with Gasteiger partial charge in [-0.2, -0.15) is 0 Å². The Hall–Kier alpha value is -2.05. The lowest BCUT2D eigenvalue weighted by Crippen LogP contribution is -2.21. The number of hydrogen-bond donors (Lipinski definition) is 1. The summed E-state index contributed by atoms with van der Waals surface area (Å²) in [5.41, 5.74) is 3.64. The van der Waals surface area contributed by atoms with E-state index in [4.69, 9.17) is 0 Å². The largest absolute Gasteiger partial charge is 0.325 e. The third-order valence-corrected chi connectivity index (χ3v) is 5.44. The molecule has 0 aliphatic carbocycles. The number of benzene rings is 1. The molecule has 0 aliphatic heterocycles. The fourth-order valence-electron chi connectivity index (χ4n) is 2.19. The molecule has 24 heavy (non-hydrogen) atoms. The number of aromatic nitrogens is 2. The van der Waals surface area contributed by atoms with Gasteiger partial charge in [0.15, 0.2) is 0 Å². The highest BCUT2D eigenvalue weighted by atomic mass is 79.9. The first-order valence-corrected chi connectivity index (χ1v) is 9.38. The quantitative estimate of drug-likeness (QED) is 0.612. The summed E-state index contributed by atoms with van der Waals surface area (Å²) in [4.78, 5) is 20.6. The van der Waals surface area contributed by atoms with Crippen LogP contribution in [-0.4, -0.2) is 20.7 Å². The molecule has 0 radical (unpaired) electrons. The van der Waals surface area contributed by atoms with Crippen LogP contribution in [0.2, 0.25) is 0 Å². The number of thiazole rings is 1. The Morgan fingerprint density at radius 2 is 2.12 bits per heavy atom. The molecule has 1 unspecified atom stereocenters. The van der Waals surface area contributed by atoms with Gasteiger partial charge >= 0.3 is 0 Å². The number of nitrogens with zero attached hydrogens (tertiary/aromatic N) is 2. The van der Waals surface area contributed by atoms with Gasteiger partial charge in [0.1, 0.15) is 5.01 Å². The standard InChI is InChI=1S/C18H16BrN3OS/c1-2-15(19)17(23)21-14-7-3-5-12(9-14)16-11-24-18(22-16)13-6-4-8-20-10-13/h3-11,15H,2H2,1H3,(H,21,23). The third kappa shape index (κ3) is 3.88. The van der Waals surface area contributed by atoms with Crippen LogP contribution in [0.15, 0.2) is 54.2 Å². The Kier molecular flexibility index (Phi) is 5.37. The average Bonchev–Trinajstić information content (AvgIpc) is 3.12. The minimum atomic E-state index is -0.183. The molecule has 3 aromatic rings. The number of hydrogen-bond acceptors (Lipinski definition) is 4. The van der Waals surface area contributed by atoms with E-state index in [9.17, 15) is 4.79 Å². The number of carbonyl (C=O) groups excluding carboxylic acids is 1. The Balaban J connectivity index is 1.82. The van der Waals surface area contributed by atoms with Gasteiger partial charge < -0.3 is 5.32 Å². The van der Waals surface area contributed by atoms with Crippen LogP contribution in [0, 0.1) is 0 Å². The van der Waals surface area contributed by atoms with Crippen molar-refractivity contribution in [2.45, 2.75) is 18.2 Å². The number of pyridine rings is 1. The van der Waals surface area contributed by atoms with Crippen LogP contribution in [0.25, 0.3) is 21.8 Å². The molecule has 1 aromatic carbocycles. The summed E-state index contributed by atoms with van der Waals surface area (Å²) in [7, 11) is 0. The van der Waals surface area contributed by atoms with Gasteiger partial charge in [-0.05, 0) is 30.7 Å². The molecular weight excluding hydrogens is 386 g/mol. The number of rotatable bonds is 5. The van der Waals surface area contributed by atoms with Gasteiger partial charge in [-0.15, -0.1) is 11.3 Å². The van der Waals surface area contributed by atoms with Crippen molar-refractivity contribution in [1.82, 2.24) is 9.97 Å². The lowest BCUT2D eigenvalue weighted by atomic mass is 10.1. The van der Waals surface area contributed by atoms with Crippen LogP contribution in [0.3, 0.4) is 0 Å². The number of nitrogens with one attached hydrogen (secondary N) is 1. The van der Waals surface area contributed by atoms with Gasteiger partial charge in [0.05, 0.1) is 10.5 Å². The monoisotopic (exact) mass is 401 g/mol. The van der Waals surface area contributed by atoms with E-state index >= 15 is 0 Å². The average molecular weight is 402 g/mol. The molecule has 4 nitrogen and oxygen atoms in total. The highest BCUT2D eigenvalue weighted by Gasteiger charge is 2.13. The van der Waals surface area contributed by atoms with Crippen molar-refractivity contribution < 1.29 is 4.79 Å². The van der Waals surface area contributed by atoms with Crippen molar-refractivity contribution in [3.8, 4) is 21.8 Å². The number of halogens is 1. The van der Waals surface area contributed by atoms with Crippen molar-refractivity contribution in [3.05, 3.63) is 54.2 Å². The first-order chi connectivity index (χ1) is 11.7. The minimum absolute atomic E-state index is 0.0380. The normalized spacial score (nSPS) is 11.9. The summed E-state index contributed by atoms with van der Waals surface area (Å²) in [6, 6.07) is 11.6. The lowest BCUT2D eigenvalue weighted by molar-refractivity contribution is -0.115. The van der Waals surface area contributed by atoms with E-state index in [1.807, 2.05) is 48.7 Å². The second kappa shape index (κ2) is 7.68. The molecule has 6 heteroatoms. The van der Waals surface area contributed by atoms with Gasteiger partial charge in [0.25, 0.3) is 0 Å². The Morgan fingerprint density at radius 3 is 2.88 bits per heavy atom. The van der Waals surface area contributed by atoms with Crippen LogP contribution in [0.4, 0.5) is 5.69 Å². The molecule has 1 amide bonds. The minimum Gasteiger partial charge on any atom is -0.325 e. The highest BCUT2D eigenvalue weighted by Crippen LogP contribution is 2.29. The maximum absolute atomic E-state index is 12.0. The van der Waals surface area contributed by atoms with E-state index in [1.54, 1.807) is 23.7 Å². The molecule has 1 atom stereocenters. The summed E-state index contributed by atoms with van der Waals surface area (Å²) >= 11 is 4.94. The molecule has 0 bridgehead atoms. The molecule has 2 aromatic heterocycles. The summed E-state index contributed by atoms with van der Waals surface area (Å²) in [6.07, 6.45) is 4.30. The Morgan fingerprint density at radius 1 is 1.29 bits per heavy atom. The number of alkyl halides is 1. The first-order valence-electron chi connectivity index (χ1n) is 7.58. The molecule has 0 aliphatic rings. The number of anilines is 1. The summed E-state index contributed by atoms with van der Waals surface area (Å²) in [5, 5.41) is 5.87. The maximum atomic E-state index is 12.0. The molecule has 2 heterocycles. The molecule has 3 rings (SSSR count). The predicted octanol–water partition coefficient (Wildman–Crippen LogP) is 4.98. The topological polar surface area (TPSA) is 54.9 Å². The maximum Gasteiger partial charge on any atom is 0.238 e. The van der Waals surface area contributed by atoms with Crippen LogP contribution in [0.5, 0.6) is 0 Å². The summed E-state index contributed by atoms with van der Waals surface area (Å²) in [5.74, 6) is -0.0380. The summed E-state index contributed by atoms with van der Waals surface area (Å²) < 4.78 is 0. The molecule has 122 valence electrons. The SMILES string of the molecule is CCC(Br)C(=O)Nc1cccc(-c2csc(-c3cccnc3)n2)c1. The molecule has 0 fully saturated rings. The second-order valence-corrected chi connectivity index (χ2v) is 7.19. The van der Waals surface area contributed by atoms with E-state index in [0.717, 1.165) is 33.9 Å². The van der Waals surface area contributed by atoms with Crippen molar-refractivity contribution in [3.63, 3.8) is 0 Å². The van der Waals surface area contributed by atoms with Gasteiger partial charge in [-0.3, -0.25) is 9.78 Å². The fraction of sp³-hybridized carbons (Fsp3) is 0.167. The lowest BCUT2D eigenvalue weighted by Gasteiger charge is -2.09. The van der Waals surface area contributed by atoms with E-state index in [0.29, 0.717) is 0 Å². The smallest absolute Gasteiger partial charge is 0.238 e. The zero-order valence-corrected chi connectivity index (χ0v) is 15.5. The van der Waals surface area contributed by atoms with E-state index in [-0.39, 0.29) is 10.7 Å². The molecular formula is C18H16BrN3OS. The van der Waals surface area contributed by atoms with Crippen molar-refractivity contribution in [2.75, 3.05) is 5.32 Å². The number of amides is 1. The molecule has 0 saturated heterocycles. The van der Waals surface area contributed by atoms with Crippen LogP contribution in [-0.2, 0) is 4.79 Å². The highest BCUT2D eigenvalue weighted by molar-refractivity contribution is 9.10. The van der Waals surface area contributed by atoms with Gasteiger partial charge in [0, 0.05) is 34.6 Å². The van der Waals surface area contributed by atoms with E-state index in [1.165, 1.54) is 0 Å². The van der Waals surface area contributed by atoms with Crippen LogP contribution >= 0.6 is 27.3 Å². The third-order valence-electron chi connectivity index (χ3n) is 3.48. The van der Waals surface area contributed by atoms with Crippen LogP contribution in [0.1, 0.15) is 13.3 Å². The molecule has 0 spiro atoms. The zero-order chi connectivity index (χ0) is 16.9.